The standard InChI is InChI=1S/C26H26ClN5O2/c1-15-6-8-17(30-15)9-7-16-14-28-12-10-18(16)23-24(22-20(31-23)11-13-29-26(22)33)32-21-5-3-4-19(27)25(21)34-2/h3-5,10,12,14-15,17,30-32H,6,8,11,13H2,1-2H3,(H,29,33)/t15-,17-/m0/s1. The Labute approximate surface area is 203 Å². The Morgan fingerprint density at radius 2 is 2.15 bits per heavy atom. The van der Waals surface area contributed by atoms with Crippen molar-refractivity contribution in [2.75, 3.05) is 19.0 Å². The summed E-state index contributed by atoms with van der Waals surface area (Å²) in [5.74, 6) is 7.06. The van der Waals surface area contributed by atoms with Gasteiger partial charge in [0.05, 0.1) is 46.4 Å². The van der Waals surface area contributed by atoms with Crippen LogP contribution in [0.25, 0.3) is 11.3 Å². The number of aromatic nitrogens is 2. The summed E-state index contributed by atoms with van der Waals surface area (Å²) in [4.78, 5) is 20.7. The number of hydrogen-bond donors (Lipinski definition) is 4. The summed E-state index contributed by atoms with van der Waals surface area (Å²) < 4.78 is 5.52. The molecule has 2 aromatic heterocycles. The lowest BCUT2D eigenvalue weighted by molar-refractivity contribution is 0.0947. The molecule has 0 bridgehead atoms. The zero-order valence-electron chi connectivity index (χ0n) is 19.1. The molecule has 4 N–H and O–H groups in total. The van der Waals surface area contributed by atoms with Gasteiger partial charge in [0, 0.05) is 42.7 Å². The molecule has 1 amide bonds. The number of hydrogen-bond acceptors (Lipinski definition) is 5. The van der Waals surface area contributed by atoms with E-state index in [-0.39, 0.29) is 11.9 Å². The van der Waals surface area contributed by atoms with Crippen LogP contribution in [0.5, 0.6) is 5.75 Å². The summed E-state index contributed by atoms with van der Waals surface area (Å²) in [5.41, 5.74) is 5.25. The lowest BCUT2D eigenvalue weighted by atomic mass is 10.0. The molecule has 1 saturated heterocycles. The minimum atomic E-state index is -0.127. The van der Waals surface area contributed by atoms with Crippen LogP contribution in [-0.2, 0) is 6.42 Å². The van der Waals surface area contributed by atoms with E-state index in [0.717, 1.165) is 35.4 Å². The predicted octanol–water partition coefficient (Wildman–Crippen LogP) is 4.26. The van der Waals surface area contributed by atoms with Crippen LogP contribution < -0.4 is 20.7 Å². The smallest absolute Gasteiger partial charge is 0.255 e. The van der Waals surface area contributed by atoms with Crippen molar-refractivity contribution in [3.63, 3.8) is 0 Å². The molecule has 0 spiro atoms. The van der Waals surface area contributed by atoms with E-state index in [0.29, 0.717) is 46.7 Å². The van der Waals surface area contributed by atoms with Gasteiger partial charge in [-0.3, -0.25) is 9.78 Å². The van der Waals surface area contributed by atoms with Gasteiger partial charge in [-0.2, -0.15) is 0 Å². The first kappa shape index (κ1) is 22.3. The minimum absolute atomic E-state index is 0.127. The number of rotatable bonds is 4. The molecule has 0 radical (unpaired) electrons. The number of nitrogens with zero attached hydrogens (tertiary/aromatic N) is 1. The number of carbonyl (C=O) groups is 1. The number of para-hydroxylation sites is 1. The van der Waals surface area contributed by atoms with E-state index in [1.165, 1.54) is 0 Å². The van der Waals surface area contributed by atoms with Crippen LogP contribution in [-0.4, -0.2) is 41.6 Å². The highest BCUT2D eigenvalue weighted by Gasteiger charge is 2.28. The first-order chi connectivity index (χ1) is 16.5. The molecule has 1 fully saturated rings. The van der Waals surface area contributed by atoms with Gasteiger partial charge in [0.2, 0.25) is 0 Å². The lowest BCUT2D eigenvalue weighted by Gasteiger charge is -2.17. The van der Waals surface area contributed by atoms with Gasteiger partial charge in [-0.25, -0.2) is 0 Å². The third-order valence-electron chi connectivity index (χ3n) is 6.24. The number of benzene rings is 1. The second kappa shape index (κ2) is 9.41. The van der Waals surface area contributed by atoms with Crippen LogP contribution in [0.1, 0.15) is 41.4 Å². The summed E-state index contributed by atoms with van der Waals surface area (Å²) in [5, 5.41) is 10.3. The second-order valence-electron chi connectivity index (χ2n) is 8.57. The number of anilines is 2. The minimum Gasteiger partial charge on any atom is -0.493 e. The fourth-order valence-corrected chi connectivity index (χ4v) is 4.82. The molecule has 1 aromatic carbocycles. The number of pyridine rings is 1. The molecule has 2 atom stereocenters. The van der Waals surface area contributed by atoms with Gasteiger partial charge in [0.15, 0.2) is 5.75 Å². The van der Waals surface area contributed by atoms with Gasteiger partial charge < -0.3 is 25.7 Å². The molecule has 0 aliphatic carbocycles. The number of H-pyrrole nitrogens is 1. The van der Waals surface area contributed by atoms with Crippen molar-refractivity contribution in [2.24, 2.45) is 0 Å². The molecule has 4 heterocycles. The number of nitrogens with one attached hydrogen (secondary N) is 4. The van der Waals surface area contributed by atoms with Crippen molar-refractivity contribution >= 4 is 28.9 Å². The van der Waals surface area contributed by atoms with E-state index in [1.54, 1.807) is 25.6 Å². The fraction of sp³-hybridized carbons (Fsp3) is 0.308. The molecule has 2 aliphatic heterocycles. The molecule has 174 valence electrons. The van der Waals surface area contributed by atoms with E-state index >= 15 is 0 Å². The SMILES string of the molecule is COc1c(Cl)cccc1Nc1c(-c2ccncc2C#C[C@@H]2CC[C@H](C)N2)[nH]c2c1C(=O)NCC2. The Bertz CT molecular complexity index is 1310. The summed E-state index contributed by atoms with van der Waals surface area (Å²) in [7, 11) is 1.57. The molecule has 0 saturated carbocycles. The Morgan fingerprint density at radius 3 is 2.94 bits per heavy atom. The quantitative estimate of drug-likeness (QED) is 0.423. The highest BCUT2D eigenvalue weighted by atomic mass is 35.5. The zero-order valence-corrected chi connectivity index (χ0v) is 19.8. The number of amides is 1. The van der Waals surface area contributed by atoms with Gasteiger partial charge in [0.1, 0.15) is 0 Å². The summed E-state index contributed by atoms with van der Waals surface area (Å²) >= 11 is 6.35. The van der Waals surface area contributed by atoms with Gasteiger partial charge in [-0.15, -0.1) is 0 Å². The van der Waals surface area contributed by atoms with Crippen LogP contribution in [0, 0.1) is 11.8 Å². The molecule has 5 rings (SSSR count). The normalized spacial score (nSPS) is 19.1. The predicted molar refractivity (Wildman–Crippen MR) is 134 cm³/mol. The monoisotopic (exact) mass is 475 g/mol. The summed E-state index contributed by atoms with van der Waals surface area (Å²) in [6.07, 6.45) is 6.36. The van der Waals surface area contributed by atoms with Crippen molar-refractivity contribution in [3.05, 3.63) is 58.5 Å². The third kappa shape index (κ3) is 4.23. The number of halogens is 1. The van der Waals surface area contributed by atoms with E-state index < -0.39 is 0 Å². The van der Waals surface area contributed by atoms with Gasteiger partial charge in [-0.05, 0) is 38.0 Å². The van der Waals surface area contributed by atoms with E-state index in [9.17, 15) is 4.79 Å². The Morgan fingerprint density at radius 1 is 1.26 bits per heavy atom. The second-order valence-corrected chi connectivity index (χ2v) is 8.98. The maximum atomic E-state index is 12.9. The molecule has 34 heavy (non-hydrogen) atoms. The van der Waals surface area contributed by atoms with Crippen LogP contribution in [0.4, 0.5) is 11.4 Å². The third-order valence-corrected chi connectivity index (χ3v) is 6.54. The van der Waals surface area contributed by atoms with Crippen molar-refractivity contribution < 1.29 is 9.53 Å². The summed E-state index contributed by atoms with van der Waals surface area (Å²) in [6.45, 7) is 2.76. The molecule has 8 heteroatoms. The van der Waals surface area contributed by atoms with E-state index in [2.05, 4.69) is 44.7 Å². The first-order valence-electron chi connectivity index (χ1n) is 11.4. The Hall–Kier alpha value is -3.47. The fourth-order valence-electron chi connectivity index (χ4n) is 4.57. The molecule has 0 unspecified atom stereocenters. The highest BCUT2D eigenvalue weighted by Crippen LogP contribution is 2.41. The van der Waals surface area contributed by atoms with Crippen molar-refractivity contribution in [1.29, 1.82) is 0 Å². The zero-order chi connectivity index (χ0) is 23.7. The Kier molecular flexibility index (Phi) is 6.18. The first-order valence-corrected chi connectivity index (χ1v) is 11.8. The van der Waals surface area contributed by atoms with Crippen molar-refractivity contribution in [2.45, 2.75) is 38.3 Å². The van der Waals surface area contributed by atoms with E-state index in [4.69, 9.17) is 16.3 Å². The van der Waals surface area contributed by atoms with Crippen molar-refractivity contribution in [3.8, 4) is 28.8 Å². The maximum absolute atomic E-state index is 12.9. The van der Waals surface area contributed by atoms with Crippen LogP contribution in [0.3, 0.4) is 0 Å². The number of carbonyl (C=O) groups excluding carboxylic acids is 1. The van der Waals surface area contributed by atoms with Crippen LogP contribution in [0.2, 0.25) is 5.02 Å². The topological polar surface area (TPSA) is 91.1 Å². The number of aromatic amines is 1. The lowest BCUT2D eigenvalue weighted by Crippen LogP contribution is -2.31. The average molecular weight is 476 g/mol. The van der Waals surface area contributed by atoms with Crippen LogP contribution in [0.15, 0.2) is 36.7 Å². The molecule has 7 nitrogen and oxygen atoms in total. The number of methoxy groups -OCH3 is 1. The van der Waals surface area contributed by atoms with Gasteiger partial charge in [0.25, 0.3) is 5.91 Å². The highest BCUT2D eigenvalue weighted by molar-refractivity contribution is 6.32. The number of ether oxygens (including phenoxy) is 1. The molecular formula is C26H26ClN5O2. The van der Waals surface area contributed by atoms with E-state index in [1.807, 2.05) is 18.2 Å². The molecule has 2 aliphatic rings. The Balaban J connectivity index is 1.62. The molecule has 3 aromatic rings. The summed E-state index contributed by atoms with van der Waals surface area (Å²) in [6, 6.07) is 8.04. The largest absolute Gasteiger partial charge is 0.493 e. The van der Waals surface area contributed by atoms with Crippen molar-refractivity contribution in [1.82, 2.24) is 20.6 Å². The number of fused-ring (bicyclic) bond motifs is 1. The molecular weight excluding hydrogens is 450 g/mol. The average Bonchev–Trinajstić information content (AvgIpc) is 3.42. The maximum Gasteiger partial charge on any atom is 0.255 e. The van der Waals surface area contributed by atoms with Crippen LogP contribution >= 0.6 is 11.6 Å². The van der Waals surface area contributed by atoms with Gasteiger partial charge >= 0.3 is 0 Å². The van der Waals surface area contributed by atoms with Gasteiger partial charge in [-0.1, -0.05) is 29.5 Å².